The average Bonchev–Trinajstić information content (AvgIpc) is 2.87. The van der Waals surface area contributed by atoms with Crippen molar-refractivity contribution in [3.05, 3.63) is 52.8 Å². The zero-order chi connectivity index (χ0) is 20.2. The first-order valence-electron chi connectivity index (χ1n) is 9.34. The molecule has 1 amide bonds. The molecule has 0 aliphatic rings. The number of carboxylic acids is 1. The van der Waals surface area contributed by atoms with Gasteiger partial charge in [-0.15, -0.1) is 0 Å². The second kappa shape index (κ2) is 8.37. The zero-order valence-corrected chi connectivity index (χ0v) is 16.7. The molecule has 0 bridgehead atoms. The molecule has 1 heterocycles. The van der Waals surface area contributed by atoms with Gasteiger partial charge in [-0.05, 0) is 31.7 Å². The van der Waals surface area contributed by atoms with Gasteiger partial charge in [0.1, 0.15) is 0 Å². The van der Waals surface area contributed by atoms with Gasteiger partial charge in [0.25, 0.3) is 0 Å². The number of benzene rings is 1. The van der Waals surface area contributed by atoms with Crippen LogP contribution >= 0.6 is 0 Å². The van der Waals surface area contributed by atoms with E-state index < -0.39 is 11.5 Å². The summed E-state index contributed by atoms with van der Waals surface area (Å²) < 4.78 is 1.92. The van der Waals surface area contributed by atoms with Gasteiger partial charge in [-0.1, -0.05) is 51.1 Å². The van der Waals surface area contributed by atoms with Gasteiger partial charge in [0.05, 0.1) is 12.1 Å². The van der Waals surface area contributed by atoms with E-state index in [1.54, 1.807) is 31.2 Å². The lowest BCUT2D eigenvalue weighted by molar-refractivity contribution is -0.148. The SMILES string of the molecule is CCC(NC(=O)Cc1c(C)nn(CC(C)C)c1C)(C(=O)O)c1ccccc1. The van der Waals surface area contributed by atoms with Crippen LogP contribution in [0.15, 0.2) is 30.3 Å². The van der Waals surface area contributed by atoms with Gasteiger partial charge in [0.15, 0.2) is 5.54 Å². The van der Waals surface area contributed by atoms with Crippen LogP contribution in [0.25, 0.3) is 0 Å². The highest BCUT2D eigenvalue weighted by molar-refractivity contribution is 5.89. The van der Waals surface area contributed by atoms with Crippen LogP contribution in [0.4, 0.5) is 0 Å². The van der Waals surface area contributed by atoms with Gasteiger partial charge in [-0.2, -0.15) is 5.10 Å². The third-order valence-electron chi connectivity index (χ3n) is 4.92. The molecule has 0 aliphatic heterocycles. The molecule has 146 valence electrons. The van der Waals surface area contributed by atoms with E-state index in [-0.39, 0.29) is 18.7 Å². The first-order valence-corrected chi connectivity index (χ1v) is 9.34. The van der Waals surface area contributed by atoms with Crippen molar-refractivity contribution in [2.45, 2.75) is 59.5 Å². The summed E-state index contributed by atoms with van der Waals surface area (Å²) in [6.45, 7) is 10.6. The molecule has 1 atom stereocenters. The highest BCUT2D eigenvalue weighted by atomic mass is 16.4. The lowest BCUT2D eigenvalue weighted by Gasteiger charge is -2.30. The Balaban J connectivity index is 2.28. The standard InChI is InChI=1S/C21H29N3O3/c1-6-21(20(26)27,17-10-8-7-9-11-17)22-19(25)12-18-15(4)23-24(16(18)5)13-14(2)3/h7-11,14H,6,12-13H2,1-5H3,(H,22,25)(H,26,27). The van der Waals surface area contributed by atoms with E-state index in [1.807, 2.05) is 24.6 Å². The molecular weight excluding hydrogens is 342 g/mol. The molecule has 6 nitrogen and oxygen atoms in total. The van der Waals surface area contributed by atoms with Crippen molar-refractivity contribution in [3.63, 3.8) is 0 Å². The molecule has 1 aromatic heterocycles. The number of nitrogens with one attached hydrogen (secondary N) is 1. The van der Waals surface area contributed by atoms with Crippen molar-refractivity contribution < 1.29 is 14.7 Å². The van der Waals surface area contributed by atoms with Crippen LogP contribution in [0.5, 0.6) is 0 Å². The summed E-state index contributed by atoms with van der Waals surface area (Å²) in [5.41, 5.74) is 1.75. The summed E-state index contributed by atoms with van der Waals surface area (Å²) in [6, 6.07) is 8.84. The van der Waals surface area contributed by atoms with Crippen LogP contribution in [0, 0.1) is 19.8 Å². The molecule has 0 spiro atoms. The van der Waals surface area contributed by atoms with Gasteiger partial charge >= 0.3 is 5.97 Å². The first kappa shape index (κ1) is 20.7. The molecule has 0 radical (unpaired) electrons. The van der Waals surface area contributed by atoms with Crippen LogP contribution < -0.4 is 5.32 Å². The molecule has 2 aromatic rings. The molecule has 1 unspecified atom stereocenters. The van der Waals surface area contributed by atoms with Crippen molar-refractivity contribution in [2.24, 2.45) is 5.92 Å². The lowest BCUT2D eigenvalue weighted by Crippen LogP contribution is -2.52. The minimum atomic E-state index is -1.44. The lowest BCUT2D eigenvalue weighted by atomic mass is 9.87. The van der Waals surface area contributed by atoms with Crippen LogP contribution in [0.1, 0.15) is 49.7 Å². The van der Waals surface area contributed by atoms with E-state index >= 15 is 0 Å². The molecule has 0 fully saturated rings. The molecule has 0 saturated heterocycles. The monoisotopic (exact) mass is 371 g/mol. The Morgan fingerprint density at radius 1 is 1.22 bits per heavy atom. The third-order valence-corrected chi connectivity index (χ3v) is 4.92. The number of aromatic nitrogens is 2. The molecule has 6 heteroatoms. The molecular formula is C21H29N3O3. The Kier molecular flexibility index (Phi) is 6.41. The summed E-state index contributed by atoms with van der Waals surface area (Å²) in [6.07, 6.45) is 0.361. The normalized spacial score (nSPS) is 13.4. The van der Waals surface area contributed by atoms with Crippen molar-refractivity contribution in [1.82, 2.24) is 15.1 Å². The van der Waals surface area contributed by atoms with Gasteiger partial charge in [0, 0.05) is 17.8 Å². The predicted molar refractivity (Wildman–Crippen MR) is 104 cm³/mol. The molecule has 0 saturated carbocycles. The van der Waals surface area contributed by atoms with Crippen LogP contribution in [0.2, 0.25) is 0 Å². The number of nitrogens with zero attached hydrogens (tertiary/aromatic N) is 2. The number of carbonyl (C=O) groups is 2. The van der Waals surface area contributed by atoms with Crippen LogP contribution in [-0.4, -0.2) is 26.8 Å². The van der Waals surface area contributed by atoms with E-state index in [0.717, 1.165) is 23.5 Å². The minimum absolute atomic E-state index is 0.109. The molecule has 0 aliphatic carbocycles. The fourth-order valence-corrected chi connectivity index (χ4v) is 3.37. The van der Waals surface area contributed by atoms with E-state index in [9.17, 15) is 14.7 Å². The van der Waals surface area contributed by atoms with E-state index in [4.69, 9.17) is 0 Å². The fourth-order valence-electron chi connectivity index (χ4n) is 3.37. The van der Waals surface area contributed by atoms with Gasteiger partial charge in [-0.3, -0.25) is 9.48 Å². The molecule has 27 heavy (non-hydrogen) atoms. The average molecular weight is 371 g/mol. The molecule has 2 rings (SSSR count). The highest BCUT2D eigenvalue weighted by Gasteiger charge is 2.40. The van der Waals surface area contributed by atoms with Crippen LogP contribution in [0.3, 0.4) is 0 Å². The maximum Gasteiger partial charge on any atom is 0.334 e. The van der Waals surface area contributed by atoms with Crippen molar-refractivity contribution in [2.75, 3.05) is 0 Å². The Labute approximate surface area is 160 Å². The van der Waals surface area contributed by atoms with Gasteiger partial charge in [-0.25, -0.2) is 4.79 Å². The summed E-state index contributed by atoms with van der Waals surface area (Å²) in [7, 11) is 0. The van der Waals surface area contributed by atoms with E-state index in [0.29, 0.717) is 11.5 Å². The minimum Gasteiger partial charge on any atom is -0.479 e. The van der Waals surface area contributed by atoms with Gasteiger partial charge in [0.2, 0.25) is 5.91 Å². The first-order chi connectivity index (χ1) is 12.7. The van der Waals surface area contributed by atoms with Gasteiger partial charge < -0.3 is 10.4 Å². The van der Waals surface area contributed by atoms with E-state index in [1.165, 1.54) is 0 Å². The third kappa shape index (κ3) is 4.38. The Bertz CT molecular complexity index is 812. The summed E-state index contributed by atoms with van der Waals surface area (Å²) in [4.78, 5) is 24.9. The quantitative estimate of drug-likeness (QED) is 0.746. The fraction of sp³-hybridized carbons (Fsp3) is 0.476. The largest absolute Gasteiger partial charge is 0.479 e. The number of aryl methyl sites for hydroxylation is 1. The van der Waals surface area contributed by atoms with E-state index in [2.05, 4.69) is 24.3 Å². The smallest absolute Gasteiger partial charge is 0.334 e. The van der Waals surface area contributed by atoms with Crippen molar-refractivity contribution in [3.8, 4) is 0 Å². The number of aliphatic carboxylic acids is 1. The number of hydrogen-bond acceptors (Lipinski definition) is 3. The number of rotatable bonds is 8. The summed E-state index contributed by atoms with van der Waals surface area (Å²) in [5, 5.41) is 17.2. The zero-order valence-electron chi connectivity index (χ0n) is 16.7. The molecule has 2 N–H and O–H groups in total. The summed E-state index contributed by atoms with van der Waals surface area (Å²) in [5.74, 6) is -0.936. The maximum absolute atomic E-state index is 12.8. The number of hydrogen-bond donors (Lipinski definition) is 2. The topological polar surface area (TPSA) is 84.2 Å². The second-order valence-corrected chi connectivity index (χ2v) is 7.38. The summed E-state index contributed by atoms with van der Waals surface area (Å²) >= 11 is 0. The highest BCUT2D eigenvalue weighted by Crippen LogP contribution is 2.26. The van der Waals surface area contributed by atoms with Crippen molar-refractivity contribution >= 4 is 11.9 Å². The van der Waals surface area contributed by atoms with Crippen LogP contribution in [-0.2, 0) is 28.1 Å². The number of carbonyl (C=O) groups excluding carboxylic acids is 1. The Hall–Kier alpha value is -2.63. The predicted octanol–water partition coefficient (Wildman–Crippen LogP) is 3.20. The van der Waals surface area contributed by atoms with Crippen molar-refractivity contribution in [1.29, 1.82) is 0 Å². The molecule has 1 aromatic carbocycles. The maximum atomic E-state index is 12.8. The second-order valence-electron chi connectivity index (χ2n) is 7.38. The Morgan fingerprint density at radius 3 is 2.37 bits per heavy atom. The Morgan fingerprint density at radius 2 is 1.85 bits per heavy atom. The number of amides is 1. The number of carboxylic acid groups (broad SMARTS) is 1.